The maximum Gasteiger partial charge on any atom is 0.308 e. The molecular formula is C12H14N2O4. The predicted octanol–water partition coefficient (Wildman–Crippen LogP) is 0.580. The molecule has 0 spiro atoms. The van der Waals surface area contributed by atoms with Crippen molar-refractivity contribution < 1.29 is 19.8 Å². The minimum atomic E-state index is -0.883. The summed E-state index contributed by atoms with van der Waals surface area (Å²) in [7, 11) is 0. The summed E-state index contributed by atoms with van der Waals surface area (Å²) < 4.78 is 0. The van der Waals surface area contributed by atoms with Gasteiger partial charge in [0.2, 0.25) is 0 Å². The van der Waals surface area contributed by atoms with E-state index in [1.54, 1.807) is 0 Å². The summed E-state index contributed by atoms with van der Waals surface area (Å²) >= 11 is 0. The van der Waals surface area contributed by atoms with Crippen LogP contribution < -0.4 is 0 Å². The third-order valence-corrected chi connectivity index (χ3v) is 3.19. The number of aliphatic carboxylic acids is 1. The maximum absolute atomic E-state index is 12.1. The number of hydrogen-bond acceptors (Lipinski definition) is 4. The Hall–Kier alpha value is -2.11. The SMILES string of the molecule is C[C@@H]1CN(C(=O)c2cncc(O)c2)C[C@H]1C(=O)O. The Labute approximate surface area is 104 Å². The third-order valence-electron chi connectivity index (χ3n) is 3.19. The van der Waals surface area contributed by atoms with Crippen molar-refractivity contribution in [3.8, 4) is 5.75 Å². The van der Waals surface area contributed by atoms with Crippen molar-refractivity contribution >= 4 is 11.9 Å². The second-order valence-electron chi connectivity index (χ2n) is 4.56. The fourth-order valence-corrected chi connectivity index (χ4v) is 2.18. The number of likely N-dealkylation sites (tertiary alicyclic amines) is 1. The number of amides is 1. The molecule has 1 aliphatic rings. The van der Waals surface area contributed by atoms with Crippen LogP contribution in [0.3, 0.4) is 0 Å². The molecule has 1 amide bonds. The smallest absolute Gasteiger partial charge is 0.308 e. The van der Waals surface area contributed by atoms with Crippen LogP contribution in [0.5, 0.6) is 5.75 Å². The Morgan fingerprint density at radius 2 is 2.11 bits per heavy atom. The summed E-state index contributed by atoms with van der Waals surface area (Å²) in [6.45, 7) is 2.42. The van der Waals surface area contributed by atoms with Gasteiger partial charge in [-0.3, -0.25) is 14.6 Å². The number of pyridine rings is 1. The molecule has 0 aromatic carbocycles. The quantitative estimate of drug-likeness (QED) is 0.801. The van der Waals surface area contributed by atoms with Gasteiger partial charge in [0, 0.05) is 19.3 Å². The van der Waals surface area contributed by atoms with E-state index in [-0.39, 0.29) is 29.7 Å². The van der Waals surface area contributed by atoms with Gasteiger partial charge in [-0.15, -0.1) is 0 Å². The van der Waals surface area contributed by atoms with Gasteiger partial charge in [-0.05, 0) is 12.0 Å². The second kappa shape index (κ2) is 4.64. The van der Waals surface area contributed by atoms with E-state index in [4.69, 9.17) is 5.11 Å². The standard InChI is InChI=1S/C12H14N2O4/c1-7-5-14(6-10(7)12(17)18)11(16)8-2-9(15)4-13-3-8/h2-4,7,10,15H,5-6H2,1H3,(H,17,18)/t7-,10-/m1/s1. The summed E-state index contributed by atoms with van der Waals surface area (Å²) in [6.07, 6.45) is 2.60. The molecule has 6 heteroatoms. The van der Waals surface area contributed by atoms with Crippen molar-refractivity contribution in [1.82, 2.24) is 9.88 Å². The van der Waals surface area contributed by atoms with Gasteiger partial charge < -0.3 is 15.1 Å². The zero-order valence-electron chi connectivity index (χ0n) is 9.91. The number of aromatic hydroxyl groups is 1. The molecule has 1 fully saturated rings. The van der Waals surface area contributed by atoms with Gasteiger partial charge in [-0.1, -0.05) is 6.92 Å². The fourth-order valence-electron chi connectivity index (χ4n) is 2.18. The minimum Gasteiger partial charge on any atom is -0.506 e. The highest BCUT2D eigenvalue weighted by atomic mass is 16.4. The molecule has 0 radical (unpaired) electrons. The lowest BCUT2D eigenvalue weighted by Gasteiger charge is -2.15. The highest BCUT2D eigenvalue weighted by Gasteiger charge is 2.37. The molecule has 1 saturated heterocycles. The van der Waals surface area contributed by atoms with E-state index in [0.717, 1.165) is 0 Å². The van der Waals surface area contributed by atoms with Crippen molar-refractivity contribution in [3.63, 3.8) is 0 Å². The largest absolute Gasteiger partial charge is 0.506 e. The van der Waals surface area contributed by atoms with E-state index in [1.807, 2.05) is 6.92 Å². The highest BCUT2D eigenvalue weighted by molar-refractivity contribution is 5.94. The molecule has 0 aliphatic carbocycles. The zero-order valence-corrected chi connectivity index (χ0v) is 9.91. The van der Waals surface area contributed by atoms with Crippen LogP contribution in [0, 0.1) is 11.8 Å². The minimum absolute atomic E-state index is 0.0725. The van der Waals surface area contributed by atoms with Crippen LogP contribution in [-0.4, -0.2) is 45.1 Å². The first kappa shape index (κ1) is 12.3. The molecule has 1 aromatic rings. The van der Waals surface area contributed by atoms with Gasteiger partial charge >= 0.3 is 5.97 Å². The number of nitrogens with zero attached hydrogens (tertiary/aromatic N) is 2. The highest BCUT2D eigenvalue weighted by Crippen LogP contribution is 2.25. The lowest BCUT2D eigenvalue weighted by atomic mass is 9.99. The van der Waals surface area contributed by atoms with Crippen LogP contribution >= 0.6 is 0 Å². The number of carboxylic acids is 1. The number of carbonyl (C=O) groups is 2. The average Bonchev–Trinajstić information content (AvgIpc) is 2.70. The monoisotopic (exact) mass is 250 g/mol. The first-order chi connectivity index (χ1) is 8.49. The summed E-state index contributed by atoms with van der Waals surface area (Å²) in [5.74, 6) is -1.86. The number of aromatic nitrogens is 1. The van der Waals surface area contributed by atoms with E-state index in [9.17, 15) is 14.7 Å². The van der Waals surface area contributed by atoms with Crippen LogP contribution in [0.25, 0.3) is 0 Å². The zero-order chi connectivity index (χ0) is 13.3. The second-order valence-corrected chi connectivity index (χ2v) is 4.56. The maximum atomic E-state index is 12.1. The molecule has 6 nitrogen and oxygen atoms in total. The molecule has 2 heterocycles. The lowest BCUT2D eigenvalue weighted by Crippen LogP contribution is -2.29. The van der Waals surface area contributed by atoms with Gasteiger partial charge in [0.25, 0.3) is 5.91 Å². The summed E-state index contributed by atoms with van der Waals surface area (Å²) in [6, 6.07) is 1.33. The molecule has 18 heavy (non-hydrogen) atoms. The van der Waals surface area contributed by atoms with Gasteiger partial charge in [-0.2, -0.15) is 0 Å². The van der Waals surface area contributed by atoms with Crippen molar-refractivity contribution in [1.29, 1.82) is 0 Å². The Kier molecular flexibility index (Phi) is 3.18. The summed E-state index contributed by atoms with van der Waals surface area (Å²) in [5, 5.41) is 18.3. The lowest BCUT2D eigenvalue weighted by molar-refractivity contribution is -0.142. The van der Waals surface area contributed by atoms with Crippen LogP contribution in [0.15, 0.2) is 18.5 Å². The predicted molar refractivity (Wildman–Crippen MR) is 62.1 cm³/mol. The van der Waals surface area contributed by atoms with Crippen molar-refractivity contribution in [2.45, 2.75) is 6.92 Å². The van der Waals surface area contributed by atoms with Crippen molar-refractivity contribution in [3.05, 3.63) is 24.0 Å². The van der Waals surface area contributed by atoms with E-state index in [0.29, 0.717) is 6.54 Å². The van der Waals surface area contributed by atoms with E-state index in [2.05, 4.69) is 4.98 Å². The number of carboxylic acid groups (broad SMARTS) is 1. The molecule has 2 rings (SSSR count). The normalized spacial score (nSPS) is 23.1. The van der Waals surface area contributed by atoms with Gasteiger partial charge in [0.1, 0.15) is 5.75 Å². The third kappa shape index (κ3) is 2.27. The Balaban J connectivity index is 2.14. The van der Waals surface area contributed by atoms with Crippen LogP contribution in [-0.2, 0) is 4.79 Å². The molecular weight excluding hydrogens is 236 g/mol. The molecule has 96 valence electrons. The van der Waals surface area contributed by atoms with Crippen LogP contribution in [0.1, 0.15) is 17.3 Å². The Morgan fingerprint density at radius 1 is 1.39 bits per heavy atom. The molecule has 1 aromatic heterocycles. The first-order valence-corrected chi connectivity index (χ1v) is 5.65. The molecule has 0 bridgehead atoms. The molecule has 2 atom stereocenters. The molecule has 1 aliphatic heterocycles. The topological polar surface area (TPSA) is 90.7 Å². The van der Waals surface area contributed by atoms with E-state index >= 15 is 0 Å². The number of hydrogen-bond donors (Lipinski definition) is 2. The van der Waals surface area contributed by atoms with Crippen LogP contribution in [0.2, 0.25) is 0 Å². The number of carbonyl (C=O) groups excluding carboxylic acids is 1. The van der Waals surface area contributed by atoms with E-state index < -0.39 is 11.9 Å². The average molecular weight is 250 g/mol. The Bertz CT molecular complexity index is 489. The van der Waals surface area contributed by atoms with Crippen molar-refractivity contribution in [2.75, 3.05) is 13.1 Å². The van der Waals surface area contributed by atoms with Gasteiger partial charge in [0.15, 0.2) is 0 Å². The molecule has 0 unspecified atom stereocenters. The fraction of sp³-hybridized carbons (Fsp3) is 0.417. The van der Waals surface area contributed by atoms with Gasteiger partial charge in [0.05, 0.1) is 17.7 Å². The summed E-state index contributed by atoms with van der Waals surface area (Å²) in [4.78, 5) is 28.3. The van der Waals surface area contributed by atoms with Gasteiger partial charge in [-0.25, -0.2) is 0 Å². The summed E-state index contributed by atoms with van der Waals surface area (Å²) in [5.41, 5.74) is 0.272. The molecule has 2 N–H and O–H groups in total. The van der Waals surface area contributed by atoms with Crippen LogP contribution in [0.4, 0.5) is 0 Å². The van der Waals surface area contributed by atoms with E-state index in [1.165, 1.54) is 23.4 Å². The number of rotatable bonds is 2. The van der Waals surface area contributed by atoms with Crippen molar-refractivity contribution in [2.24, 2.45) is 11.8 Å². The molecule has 0 saturated carbocycles. The Morgan fingerprint density at radius 3 is 2.67 bits per heavy atom. The first-order valence-electron chi connectivity index (χ1n) is 5.65.